The minimum atomic E-state index is -0.803. The molecule has 178 valence electrons. The molecule has 1 aliphatic heterocycles. The van der Waals surface area contributed by atoms with Crippen molar-refractivity contribution in [2.75, 3.05) is 6.54 Å². The molecule has 4 rings (SSSR count). The first-order valence-corrected chi connectivity index (χ1v) is 12.9. The van der Waals surface area contributed by atoms with E-state index in [0.717, 1.165) is 22.2 Å². The average Bonchev–Trinajstić information content (AvgIpc) is 3.02. The zero-order valence-corrected chi connectivity index (χ0v) is 22.1. The molecular weight excluding hydrogens is 618 g/mol. The fraction of sp³-hybridized carbons (Fsp3) is 0.304. The monoisotopic (exact) mass is 632 g/mol. The van der Waals surface area contributed by atoms with E-state index in [1.54, 1.807) is 0 Å². The Morgan fingerprint density at radius 1 is 0.971 bits per heavy atom. The normalized spacial score (nSPS) is 24.2. The third kappa shape index (κ3) is 4.80. The van der Waals surface area contributed by atoms with Crippen molar-refractivity contribution < 1.29 is 23.6 Å². The summed E-state index contributed by atoms with van der Waals surface area (Å²) in [6.45, 7) is -0.615. The lowest BCUT2D eigenvalue weighted by Gasteiger charge is -2.30. The lowest BCUT2D eigenvalue weighted by Crippen LogP contribution is -2.52. The Morgan fingerprint density at radius 2 is 1.53 bits per heavy atom. The van der Waals surface area contributed by atoms with Crippen molar-refractivity contribution in [3.8, 4) is 0 Å². The summed E-state index contributed by atoms with van der Waals surface area (Å²) in [5.41, 5.74) is 0.101. The minimum Gasteiger partial charge on any atom is -0.292 e. The Hall–Kier alpha value is -1.81. The van der Waals surface area contributed by atoms with E-state index in [1.807, 2.05) is 0 Å². The molecule has 1 heterocycles. The quantitative estimate of drug-likeness (QED) is 0.254. The largest absolute Gasteiger partial charge is 0.292 e. The number of ketones is 1. The van der Waals surface area contributed by atoms with Crippen molar-refractivity contribution in [3.05, 3.63) is 69.5 Å². The van der Waals surface area contributed by atoms with Crippen molar-refractivity contribution in [3.63, 3.8) is 0 Å². The fourth-order valence-corrected chi connectivity index (χ4v) is 5.94. The molecule has 1 saturated carbocycles. The summed E-state index contributed by atoms with van der Waals surface area (Å²) in [6, 6.07) is 8.93. The lowest BCUT2D eigenvalue weighted by molar-refractivity contribution is -0.154. The second-order valence-corrected chi connectivity index (χ2v) is 11.3. The molecule has 4 atom stereocenters. The number of nitrogens with zero attached hydrogens (tertiary/aromatic N) is 2. The Balaban J connectivity index is 1.72. The SMILES string of the molecule is O=C(CN(C(=O)c1ccc(Cl)cc1Cl)N1C(=O)[C@H]2C[C@@H](Br)[C@@H](Br)C[C@H]2C1=O)c1ccc(F)cc1. The summed E-state index contributed by atoms with van der Waals surface area (Å²) in [6.07, 6.45) is 0.800. The van der Waals surface area contributed by atoms with Crippen LogP contribution in [0.3, 0.4) is 0 Å². The average molecular weight is 635 g/mol. The van der Waals surface area contributed by atoms with Gasteiger partial charge in [0.05, 0.1) is 22.4 Å². The van der Waals surface area contributed by atoms with Gasteiger partial charge in [0.2, 0.25) is 0 Å². The van der Waals surface area contributed by atoms with Crippen molar-refractivity contribution in [2.24, 2.45) is 11.8 Å². The summed E-state index contributed by atoms with van der Waals surface area (Å²) in [5.74, 6) is -4.26. The number of rotatable bonds is 5. The molecular formula is C23H17Br2Cl2FN2O4. The maximum absolute atomic E-state index is 13.5. The van der Waals surface area contributed by atoms with Crippen LogP contribution in [0.5, 0.6) is 0 Å². The number of fused-ring (bicyclic) bond motifs is 1. The molecule has 2 fully saturated rings. The Bertz CT molecular complexity index is 1150. The van der Waals surface area contributed by atoms with Crippen molar-refractivity contribution in [1.82, 2.24) is 10.0 Å². The molecule has 0 aromatic heterocycles. The van der Waals surface area contributed by atoms with Gasteiger partial charge >= 0.3 is 0 Å². The lowest BCUT2D eigenvalue weighted by atomic mass is 9.81. The van der Waals surface area contributed by atoms with E-state index in [-0.39, 0.29) is 25.8 Å². The van der Waals surface area contributed by atoms with Crippen LogP contribution in [-0.4, -0.2) is 49.7 Å². The Morgan fingerprint density at radius 3 is 2.06 bits per heavy atom. The van der Waals surface area contributed by atoms with Crippen LogP contribution in [0.1, 0.15) is 33.6 Å². The molecule has 11 heteroatoms. The van der Waals surface area contributed by atoms with E-state index in [1.165, 1.54) is 30.3 Å². The zero-order valence-electron chi connectivity index (χ0n) is 17.4. The molecule has 34 heavy (non-hydrogen) atoms. The fourth-order valence-electron chi connectivity index (χ4n) is 4.21. The van der Waals surface area contributed by atoms with Crippen molar-refractivity contribution in [2.45, 2.75) is 22.5 Å². The van der Waals surface area contributed by atoms with Crippen LogP contribution in [-0.2, 0) is 9.59 Å². The number of hydrazine groups is 1. The number of hydrogen-bond donors (Lipinski definition) is 0. The molecule has 1 aliphatic carbocycles. The van der Waals surface area contributed by atoms with Gasteiger partial charge in [-0.15, -0.1) is 0 Å². The second-order valence-electron chi connectivity index (χ2n) is 8.12. The van der Waals surface area contributed by atoms with Crippen LogP contribution in [0, 0.1) is 17.7 Å². The molecule has 0 N–H and O–H groups in total. The van der Waals surface area contributed by atoms with E-state index in [0.29, 0.717) is 17.9 Å². The van der Waals surface area contributed by atoms with Crippen LogP contribution >= 0.6 is 55.1 Å². The van der Waals surface area contributed by atoms with Gasteiger partial charge in [-0.25, -0.2) is 9.40 Å². The van der Waals surface area contributed by atoms with Gasteiger partial charge in [0.25, 0.3) is 17.7 Å². The van der Waals surface area contributed by atoms with Crippen molar-refractivity contribution >= 4 is 78.6 Å². The van der Waals surface area contributed by atoms with Gasteiger partial charge in [-0.05, 0) is 55.3 Å². The number of carbonyl (C=O) groups is 4. The first-order chi connectivity index (χ1) is 16.1. The standard InChI is InChI=1S/C23H17Br2Cl2FN2O4/c24-17-8-15-16(9-18(17)25)23(34)30(22(15)33)29(10-20(31)11-1-4-13(28)5-2-11)21(32)14-6-3-12(26)7-19(14)27/h1-7,15-18H,8-10H2/t15-,16+,17+,18-. The molecule has 2 aromatic rings. The number of benzene rings is 2. The maximum atomic E-state index is 13.5. The summed E-state index contributed by atoms with van der Waals surface area (Å²) in [5, 5.41) is 1.90. The number of halogens is 5. The van der Waals surface area contributed by atoms with Gasteiger partial charge in [-0.2, -0.15) is 5.01 Å². The van der Waals surface area contributed by atoms with Crippen LogP contribution < -0.4 is 0 Å². The molecule has 3 amide bonds. The summed E-state index contributed by atoms with van der Waals surface area (Å²) in [4.78, 5) is 53.2. The van der Waals surface area contributed by atoms with Crippen molar-refractivity contribution in [1.29, 1.82) is 0 Å². The first-order valence-electron chi connectivity index (χ1n) is 10.3. The Labute approximate surface area is 221 Å². The second kappa shape index (κ2) is 10.0. The highest BCUT2D eigenvalue weighted by atomic mass is 79.9. The molecule has 1 saturated heterocycles. The van der Waals surface area contributed by atoms with E-state index in [4.69, 9.17) is 23.2 Å². The Kier molecular flexibility index (Phi) is 7.47. The smallest absolute Gasteiger partial charge is 0.274 e. The van der Waals surface area contributed by atoms with E-state index >= 15 is 0 Å². The van der Waals surface area contributed by atoms with Gasteiger partial charge in [0, 0.05) is 20.2 Å². The number of carbonyl (C=O) groups excluding carboxylic acids is 4. The van der Waals surface area contributed by atoms with Crippen LogP contribution in [0.25, 0.3) is 0 Å². The highest BCUT2D eigenvalue weighted by Crippen LogP contribution is 2.43. The summed E-state index contributed by atoms with van der Waals surface area (Å²) < 4.78 is 13.3. The van der Waals surface area contributed by atoms with E-state index in [9.17, 15) is 23.6 Å². The molecule has 0 bridgehead atoms. The molecule has 2 aromatic carbocycles. The maximum Gasteiger partial charge on any atom is 0.274 e. The molecule has 0 unspecified atom stereocenters. The minimum absolute atomic E-state index is 0.00860. The third-order valence-electron chi connectivity index (χ3n) is 5.99. The highest BCUT2D eigenvalue weighted by molar-refractivity contribution is 9.12. The predicted molar refractivity (Wildman–Crippen MR) is 132 cm³/mol. The highest BCUT2D eigenvalue weighted by Gasteiger charge is 2.54. The zero-order chi connectivity index (χ0) is 24.7. The molecule has 2 aliphatic rings. The summed E-state index contributed by atoms with van der Waals surface area (Å²) >= 11 is 19.2. The molecule has 0 radical (unpaired) electrons. The predicted octanol–water partition coefficient (Wildman–Crippen LogP) is 5.29. The molecule has 0 spiro atoms. The van der Waals surface area contributed by atoms with Gasteiger partial charge < -0.3 is 0 Å². The number of alkyl halides is 2. The van der Waals surface area contributed by atoms with E-state index in [2.05, 4.69) is 31.9 Å². The van der Waals surface area contributed by atoms with Gasteiger partial charge in [0.15, 0.2) is 5.78 Å². The van der Waals surface area contributed by atoms with Gasteiger partial charge in [-0.1, -0.05) is 55.1 Å². The number of amides is 3. The number of Topliss-reactive ketones (excluding diaryl/α,β-unsaturated/α-hetero) is 1. The van der Waals surface area contributed by atoms with E-state index < -0.39 is 47.7 Å². The number of imide groups is 1. The first kappa shape index (κ1) is 25.3. The van der Waals surface area contributed by atoms with Gasteiger partial charge in [0.1, 0.15) is 12.4 Å². The topological polar surface area (TPSA) is 74.8 Å². The summed E-state index contributed by atoms with van der Waals surface area (Å²) in [7, 11) is 0. The van der Waals surface area contributed by atoms with Crippen LogP contribution in [0.2, 0.25) is 10.0 Å². The van der Waals surface area contributed by atoms with Crippen LogP contribution in [0.4, 0.5) is 4.39 Å². The molecule has 6 nitrogen and oxygen atoms in total. The number of hydrogen-bond acceptors (Lipinski definition) is 4. The van der Waals surface area contributed by atoms with Gasteiger partial charge in [-0.3, -0.25) is 19.2 Å². The third-order valence-corrected chi connectivity index (χ3v) is 9.27. The van der Waals surface area contributed by atoms with Crippen LogP contribution in [0.15, 0.2) is 42.5 Å².